The van der Waals surface area contributed by atoms with E-state index in [0.717, 1.165) is 16.5 Å². The van der Waals surface area contributed by atoms with Gasteiger partial charge in [0.1, 0.15) is 5.75 Å². The Morgan fingerprint density at radius 1 is 1.33 bits per heavy atom. The minimum absolute atomic E-state index is 0.0166. The maximum Gasteiger partial charge on any atom is 0.314 e. The summed E-state index contributed by atoms with van der Waals surface area (Å²) in [5.41, 5.74) is 1.87. The molecule has 2 aromatic heterocycles. The molecule has 0 N–H and O–H groups in total. The first-order chi connectivity index (χ1) is 12.9. The lowest BCUT2D eigenvalue weighted by atomic mass is 10.1. The van der Waals surface area contributed by atoms with E-state index in [4.69, 9.17) is 9.47 Å². The summed E-state index contributed by atoms with van der Waals surface area (Å²) in [6.45, 7) is 3.41. The molecule has 27 heavy (non-hydrogen) atoms. The number of nitro benzene ring substituents is 1. The minimum atomic E-state index is -0.573. The summed E-state index contributed by atoms with van der Waals surface area (Å²) in [5.74, 6) is 0.0891. The van der Waals surface area contributed by atoms with E-state index in [0.29, 0.717) is 11.3 Å². The summed E-state index contributed by atoms with van der Waals surface area (Å²) >= 11 is 1.47. The maximum absolute atomic E-state index is 12.6. The van der Waals surface area contributed by atoms with Crippen molar-refractivity contribution >= 4 is 22.8 Å². The highest BCUT2D eigenvalue weighted by molar-refractivity contribution is 7.12. The van der Waals surface area contributed by atoms with Crippen LogP contribution in [0.5, 0.6) is 11.5 Å². The Morgan fingerprint density at radius 3 is 2.74 bits per heavy atom. The Kier molecular flexibility index (Phi) is 5.22. The lowest BCUT2D eigenvalue weighted by Crippen LogP contribution is -2.13. The first-order valence-corrected chi connectivity index (χ1v) is 8.87. The van der Waals surface area contributed by atoms with Gasteiger partial charge in [0.15, 0.2) is 17.5 Å². The maximum atomic E-state index is 12.6. The minimum Gasteiger partial charge on any atom is -0.496 e. The predicted octanol–water partition coefficient (Wildman–Crippen LogP) is 3.73. The number of ether oxygens (including phenoxy) is 2. The summed E-state index contributed by atoms with van der Waals surface area (Å²) < 4.78 is 12.3. The largest absolute Gasteiger partial charge is 0.496 e. The Hall–Kier alpha value is -3.20. The number of methoxy groups -OCH3 is 1. The van der Waals surface area contributed by atoms with Crippen LogP contribution in [0.15, 0.2) is 35.8 Å². The number of aromatic nitrogens is 2. The third kappa shape index (κ3) is 3.68. The van der Waals surface area contributed by atoms with Gasteiger partial charge in [-0.1, -0.05) is 0 Å². The quantitative estimate of drug-likeness (QED) is 0.348. The van der Waals surface area contributed by atoms with E-state index < -0.39 is 4.92 Å². The van der Waals surface area contributed by atoms with E-state index in [1.165, 1.54) is 30.6 Å². The molecule has 0 aliphatic carbocycles. The van der Waals surface area contributed by atoms with Crippen LogP contribution in [0.4, 0.5) is 5.69 Å². The van der Waals surface area contributed by atoms with Crippen molar-refractivity contribution in [3.8, 4) is 16.6 Å². The highest BCUT2D eigenvalue weighted by atomic mass is 32.1. The molecule has 3 aromatic rings. The first kappa shape index (κ1) is 18.6. The molecule has 140 valence electrons. The van der Waals surface area contributed by atoms with Gasteiger partial charge in [0, 0.05) is 28.5 Å². The lowest BCUT2D eigenvalue weighted by molar-refractivity contribution is -0.385. The third-order valence-electron chi connectivity index (χ3n) is 4.06. The number of hydrogen-bond donors (Lipinski definition) is 0. The van der Waals surface area contributed by atoms with Crippen molar-refractivity contribution in [2.45, 2.75) is 13.8 Å². The van der Waals surface area contributed by atoms with Crippen LogP contribution < -0.4 is 9.47 Å². The van der Waals surface area contributed by atoms with Gasteiger partial charge < -0.3 is 9.47 Å². The van der Waals surface area contributed by atoms with E-state index in [-0.39, 0.29) is 23.8 Å². The number of thiazole rings is 1. The van der Waals surface area contributed by atoms with Crippen LogP contribution in [0.3, 0.4) is 0 Å². The molecule has 0 aliphatic rings. The highest BCUT2D eigenvalue weighted by Gasteiger charge is 2.21. The van der Waals surface area contributed by atoms with Crippen molar-refractivity contribution in [1.82, 2.24) is 9.55 Å². The van der Waals surface area contributed by atoms with Crippen molar-refractivity contribution in [1.29, 1.82) is 0 Å². The van der Waals surface area contributed by atoms with Crippen LogP contribution in [0.1, 0.15) is 21.7 Å². The zero-order valence-corrected chi connectivity index (χ0v) is 15.8. The van der Waals surface area contributed by atoms with Gasteiger partial charge in [0.2, 0.25) is 5.78 Å². The molecule has 0 radical (unpaired) electrons. The van der Waals surface area contributed by atoms with E-state index in [9.17, 15) is 14.9 Å². The molecule has 3 rings (SSSR count). The number of nitrogens with zero attached hydrogens (tertiary/aromatic N) is 3. The van der Waals surface area contributed by atoms with E-state index in [1.807, 2.05) is 23.8 Å². The fourth-order valence-electron chi connectivity index (χ4n) is 2.78. The fourth-order valence-corrected chi connectivity index (χ4v) is 3.53. The second-order valence-corrected chi connectivity index (χ2v) is 6.61. The number of carbonyl (C=O) groups excluding carboxylic acids is 1. The molecule has 0 saturated carbocycles. The van der Waals surface area contributed by atoms with Crippen molar-refractivity contribution in [3.05, 3.63) is 62.9 Å². The van der Waals surface area contributed by atoms with Gasteiger partial charge in [0.25, 0.3) is 0 Å². The Morgan fingerprint density at radius 2 is 2.11 bits per heavy atom. The second kappa shape index (κ2) is 7.58. The molecule has 0 bridgehead atoms. The normalized spacial score (nSPS) is 10.6. The fraction of sp³-hybridized carbons (Fsp3) is 0.222. The molecule has 0 spiro atoms. The first-order valence-electron chi connectivity index (χ1n) is 7.99. The zero-order chi connectivity index (χ0) is 19.6. The van der Waals surface area contributed by atoms with Crippen LogP contribution in [0, 0.1) is 24.0 Å². The van der Waals surface area contributed by atoms with Gasteiger partial charge in [0.05, 0.1) is 18.1 Å². The number of aryl methyl sites for hydroxylation is 1. The topological polar surface area (TPSA) is 96.5 Å². The molecule has 9 heteroatoms. The summed E-state index contributed by atoms with van der Waals surface area (Å²) in [7, 11) is 1.42. The number of hydrogen-bond acceptors (Lipinski definition) is 7. The van der Waals surface area contributed by atoms with E-state index in [1.54, 1.807) is 18.3 Å². The molecule has 1 aromatic carbocycles. The highest BCUT2D eigenvalue weighted by Crippen LogP contribution is 2.31. The summed E-state index contributed by atoms with van der Waals surface area (Å²) in [6, 6.07) is 5.99. The van der Waals surface area contributed by atoms with E-state index >= 15 is 0 Å². The number of ketones is 1. The molecule has 0 atom stereocenters. The average molecular weight is 387 g/mol. The van der Waals surface area contributed by atoms with Gasteiger partial charge in [-0.25, -0.2) is 4.98 Å². The molecule has 0 aliphatic heterocycles. The Balaban J connectivity index is 1.82. The monoisotopic (exact) mass is 387 g/mol. The molecule has 8 nitrogen and oxygen atoms in total. The standard InChI is InChI=1S/C18H17N3O5S/c1-11-8-14(12(2)20(11)18-19-6-7-27-18)16(22)10-26-17-5-4-13(25-3)9-15(17)21(23)24/h4-9H,10H2,1-3H3. The van der Waals surface area contributed by atoms with Gasteiger partial charge in [-0.15, -0.1) is 11.3 Å². The molecular formula is C18H17N3O5S. The molecule has 0 amide bonds. The van der Waals surface area contributed by atoms with Crippen LogP contribution in [0.25, 0.3) is 5.13 Å². The van der Waals surface area contributed by atoms with Crippen molar-refractivity contribution in [2.75, 3.05) is 13.7 Å². The molecular weight excluding hydrogens is 370 g/mol. The van der Waals surface area contributed by atoms with Crippen LogP contribution in [-0.2, 0) is 0 Å². The predicted molar refractivity (Wildman–Crippen MR) is 100 cm³/mol. The molecule has 0 saturated heterocycles. The van der Waals surface area contributed by atoms with Crippen molar-refractivity contribution in [2.24, 2.45) is 0 Å². The van der Waals surface area contributed by atoms with Crippen LogP contribution in [0.2, 0.25) is 0 Å². The van der Waals surface area contributed by atoms with Crippen LogP contribution in [-0.4, -0.2) is 34.0 Å². The van der Waals surface area contributed by atoms with Crippen LogP contribution >= 0.6 is 11.3 Å². The molecule has 0 fully saturated rings. The number of benzene rings is 1. The third-order valence-corrected chi connectivity index (χ3v) is 4.82. The van der Waals surface area contributed by atoms with Gasteiger partial charge in [-0.05, 0) is 32.0 Å². The van der Waals surface area contributed by atoms with Gasteiger partial charge in [-0.2, -0.15) is 0 Å². The number of carbonyl (C=O) groups is 1. The molecule has 0 unspecified atom stereocenters. The summed E-state index contributed by atoms with van der Waals surface area (Å²) in [5, 5.41) is 13.9. The SMILES string of the molecule is COc1ccc(OCC(=O)c2cc(C)n(-c3nccs3)c2C)c([N+](=O)[O-])c1. The van der Waals surface area contributed by atoms with E-state index in [2.05, 4.69) is 4.98 Å². The molecule has 2 heterocycles. The summed E-state index contributed by atoms with van der Waals surface area (Å²) in [6.07, 6.45) is 1.70. The summed E-state index contributed by atoms with van der Waals surface area (Å²) in [4.78, 5) is 27.5. The second-order valence-electron chi connectivity index (χ2n) is 5.74. The van der Waals surface area contributed by atoms with Gasteiger partial charge >= 0.3 is 5.69 Å². The smallest absolute Gasteiger partial charge is 0.314 e. The van der Waals surface area contributed by atoms with Crippen molar-refractivity contribution < 1.29 is 19.2 Å². The number of rotatable bonds is 7. The Bertz CT molecular complexity index is 995. The average Bonchev–Trinajstić information content (AvgIpc) is 3.27. The number of nitro groups is 1. The van der Waals surface area contributed by atoms with Gasteiger partial charge in [-0.3, -0.25) is 19.5 Å². The zero-order valence-electron chi connectivity index (χ0n) is 15.0. The van der Waals surface area contributed by atoms with Crippen molar-refractivity contribution in [3.63, 3.8) is 0 Å². The number of Topliss-reactive ketones (excluding diaryl/α,β-unsaturated/α-hetero) is 1. The lowest BCUT2D eigenvalue weighted by Gasteiger charge is -2.08. The Labute approximate surface area is 159 Å².